The van der Waals surface area contributed by atoms with Gasteiger partial charge in [-0.15, -0.1) is 0 Å². The van der Waals surface area contributed by atoms with Crippen LogP contribution in [0.15, 0.2) is 12.1 Å². The lowest BCUT2D eigenvalue weighted by atomic mass is 10.2. The number of ether oxygens (including phenoxy) is 1. The molecule has 0 atom stereocenters. The molecule has 14 heavy (non-hydrogen) atoms. The van der Waals surface area contributed by atoms with Crippen molar-refractivity contribution >= 4 is 21.6 Å². The standard InChI is InChI=1S/C8H7BrFNO3/c1-14-8-3-6(10)5(4-9)2-7(8)11(12)13/h2-3H,4H2,1H3. The van der Waals surface area contributed by atoms with E-state index in [0.717, 1.165) is 12.1 Å². The summed E-state index contributed by atoms with van der Waals surface area (Å²) >= 11 is 3.03. The highest BCUT2D eigenvalue weighted by atomic mass is 79.9. The molecule has 0 amide bonds. The van der Waals surface area contributed by atoms with Gasteiger partial charge in [0.2, 0.25) is 0 Å². The molecule has 0 N–H and O–H groups in total. The number of rotatable bonds is 3. The van der Waals surface area contributed by atoms with Crippen molar-refractivity contribution in [2.75, 3.05) is 7.11 Å². The monoisotopic (exact) mass is 263 g/mol. The van der Waals surface area contributed by atoms with Gasteiger partial charge in [0.05, 0.1) is 12.0 Å². The van der Waals surface area contributed by atoms with Crippen molar-refractivity contribution in [3.8, 4) is 5.75 Å². The third kappa shape index (κ3) is 2.01. The molecule has 6 heteroatoms. The van der Waals surface area contributed by atoms with Gasteiger partial charge in [-0.2, -0.15) is 0 Å². The van der Waals surface area contributed by atoms with E-state index in [1.165, 1.54) is 7.11 Å². The Balaban J connectivity index is 3.32. The first-order valence-electron chi connectivity index (χ1n) is 3.67. The summed E-state index contributed by atoms with van der Waals surface area (Å²) in [6.07, 6.45) is 0. The predicted molar refractivity (Wildman–Crippen MR) is 52.2 cm³/mol. The molecule has 4 nitrogen and oxygen atoms in total. The quantitative estimate of drug-likeness (QED) is 0.479. The molecule has 0 spiro atoms. The SMILES string of the molecule is COc1cc(F)c(CBr)cc1[N+](=O)[O-]. The van der Waals surface area contributed by atoms with E-state index in [1.54, 1.807) is 0 Å². The van der Waals surface area contributed by atoms with Crippen molar-refractivity contribution in [2.45, 2.75) is 5.33 Å². The third-order valence-corrected chi connectivity index (χ3v) is 2.29. The molecule has 0 unspecified atom stereocenters. The molecule has 0 radical (unpaired) electrons. The van der Waals surface area contributed by atoms with Gasteiger partial charge in [0.15, 0.2) is 5.75 Å². The van der Waals surface area contributed by atoms with Crippen LogP contribution in [0, 0.1) is 15.9 Å². The normalized spacial score (nSPS) is 9.93. The Morgan fingerprint density at radius 1 is 1.64 bits per heavy atom. The average molecular weight is 264 g/mol. The van der Waals surface area contributed by atoms with Crippen LogP contribution in [0.5, 0.6) is 5.75 Å². The molecule has 0 aromatic heterocycles. The fraction of sp³-hybridized carbons (Fsp3) is 0.250. The molecular weight excluding hydrogens is 257 g/mol. The molecule has 0 aliphatic carbocycles. The van der Waals surface area contributed by atoms with Crippen LogP contribution in [0.1, 0.15) is 5.56 Å². The summed E-state index contributed by atoms with van der Waals surface area (Å²) in [6.45, 7) is 0. The average Bonchev–Trinajstić information content (AvgIpc) is 2.16. The van der Waals surface area contributed by atoms with E-state index in [4.69, 9.17) is 0 Å². The maximum atomic E-state index is 13.1. The van der Waals surface area contributed by atoms with Gasteiger partial charge in [-0.25, -0.2) is 4.39 Å². The molecule has 0 heterocycles. The molecule has 0 fully saturated rings. The van der Waals surface area contributed by atoms with E-state index in [-0.39, 0.29) is 22.3 Å². The van der Waals surface area contributed by atoms with E-state index in [9.17, 15) is 14.5 Å². The van der Waals surface area contributed by atoms with Gasteiger partial charge >= 0.3 is 5.69 Å². The number of hydrogen-bond acceptors (Lipinski definition) is 3. The lowest BCUT2D eigenvalue weighted by molar-refractivity contribution is -0.385. The van der Waals surface area contributed by atoms with Crippen LogP contribution in [0.3, 0.4) is 0 Å². The van der Waals surface area contributed by atoms with Crippen molar-refractivity contribution < 1.29 is 14.1 Å². The number of nitro groups is 1. The summed E-state index contributed by atoms with van der Waals surface area (Å²) in [6, 6.07) is 2.16. The first kappa shape index (κ1) is 10.9. The fourth-order valence-corrected chi connectivity index (χ4v) is 1.43. The number of methoxy groups -OCH3 is 1. The zero-order valence-electron chi connectivity index (χ0n) is 7.29. The van der Waals surface area contributed by atoms with Gasteiger partial charge in [0.1, 0.15) is 5.82 Å². The van der Waals surface area contributed by atoms with Crippen LogP contribution in [-0.2, 0) is 5.33 Å². The first-order chi connectivity index (χ1) is 6.60. The van der Waals surface area contributed by atoms with Crippen molar-refractivity contribution in [2.24, 2.45) is 0 Å². The Labute approximate surface area is 88.0 Å². The number of benzene rings is 1. The fourth-order valence-electron chi connectivity index (χ4n) is 0.995. The van der Waals surface area contributed by atoms with E-state index < -0.39 is 10.7 Å². The minimum atomic E-state index is -0.607. The van der Waals surface area contributed by atoms with Crippen molar-refractivity contribution in [3.63, 3.8) is 0 Å². The van der Waals surface area contributed by atoms with E-state index in [2.05, 4.69) is 20.7 Å². The Kier molecular flexibility index (Phi) is 3.40. The maximum Gasteiger partial charge on any atom is 0.311 e. The Morgan fingerprint density at radius 2 is 2.29 bits per heavy atom. The highest BCUT2D eigenvalue weighted by molar-refractivity contribution is 9.08. The van der Waals surface area contributed by atoms with Crippen LogP contribution in [0.4, 0.5) is 10.1 Å². The van der Waals surface area contributed by atoms with Gasteiger partial charge in [0, 0.05) is 23.0 Å². The molecular formula is C8H7BrFNO3. The van der Waals surface area contributed by atoms with E-state index in [1.807, 2.05) is 0 Å². The van der Waals surface area contributed by atoms with Crippen molar-refractivity contribution in [1.29, 1.82) is 0 Å². The Hall–Kier alpha value is -1.17. The van der Waals surface area contributed by atoms with Crippen molar-refractivity contribution in [3.05, 3.63) is 33.6 Å². The number of halogens is 2. The number of nitrogens with zero attached hydrogens (tertiary/aromatic N) is 1. The second-order valence-electron chi connectivity index (χ2n) is 2.51. The van der Waals surface area contributed by atoms with Crippen LogP contribution < -0.4 is 4.74 Å². The Morgan fingerprint density at radius 3 is 2.71 bits per heavy atom. The molecule has 0 aliphatic rings. The lowest BCUT2D eigenvalue weighted by Crippen LogP contribution is -1.97. The summed E-state index contributed by atoms with van der Waals surface area (Å²) in [7, 11) is 1.26. The Bertz CT molecular complexity index is 370. The van der Waals surface area contributed by atoms with Crippen LogP contribution >= 0.6 is 15.9 Å². The highest BCUT2D eigenvalue weighted by Crippen LogP contribution is 2.30. The number of nitro benzene ring substituents is 1. The number of alkyl halides is 1. The van der Waals surface area contributed by atoms with Gasteiger partial charge in [-0.05, 0) is 0 Å². The van der Waals surface area contributed by atoms with Crippen molar-refractivity contribution in [1.82, 2.24) is 0 Å². The third-order valence-electron chi connectivity index (χ3n) is 1.69. The second-order valence-corrected chi connectivity index (χ2v) is 3.07. The molecule has 1 rings (SSSR count). The summed E-state index contributed by atoms with van der Waals surface area (Å²) < 4.78 is 17.8. The molecule has 0 bridgehead atoms. The van der Waals surface area contributed by atoms with Crippen LogP contribution in [0.2, 0.25) is 0 Å². The number of hydrogen-bond donors (Lipinski definition) is 0. The molecule has 0 aliphatic heterocycles. The largest absolute Gasteiger partial charge is 0.490 e. The minimum Gasteiger partial charge on any atom is -0.490 e. The van der Waals surface area contributed by atoms with Gasteiger partial charge < -0.3 is 4.74 Å². The summed E-state index contributed by atoms with van der Waals surface area (Å²) in [5.74, 6) is -0.596. The predicted octanol–water partition coefficient (Wildman–Crippen LogP) is 2.64. The van der Waals surface area contributed by atoms with Gasteiger partial charge in [0.25, 0.3) is 0 Å². The summed E-state index contributed by atoms with van der Waals surface area (Å²) in [5.41, 5.74) is 0.000787. The zero-order valence-corrected chi connectivity index (χ0v) is 8.88. The molecule has 76 valence electrons. The second kappa shape index (κ2) is 4.36. The zero-order chi connectivity index (χ0) is 10.7. The lowest BCUT2D eigenvalue weighted by Gasteiger charge is -2.04. The summed E-state index contributed by atoms with van der Waals surface area (Å²) in [5, 5.41) is 10.8. The summed E-state index contributed by atoms with van der Waals surface area (Å²) in [4.78, 5) is 9.94. The highest BCUT2D eigenvalue weighted by Gasteiger charge is 2.18. The van der Waals surface area contributed by atoms with E-state index >= 15 is 0 Å². The topological polar surface area (TPSA) is 52.4 Å². The maximum absolute atomic E-state index is 13.1. The van der Waals surface area contributed by atoms with E-state index in [0.29, 0.717) is 0 Å². The molecule has 1 aromatic rings. The van der Waals surface area contributed by atoms with Crippen LogP contribution in [-0.4, -0.2) is 12.0 Å². The van der Waals surface area contributed by atoms with Gasteiger partial charge in [-0.1, -0.05) is 15.9 Å². The first-order valence-corrected chi connectivity index (χ1v) is 4.79. The molecule has 0 saturated heterocycles. The van der Waals surface area contributed by atoms with Gasteiger partial charge in [-0.3, -0.25) is 10.1 Å². The smallest absolute Gasteiger partial charge is 0.311 e. The molecule has 1 aromatic carbocycles. The molecule has 0 saturated carbocycles. The van der Waals surface area contributed by atoms with Crippen LogP contribution in [0.25, 0.3) is 0 Å². The minimum absolute atomic E-state index is 0.0720.